The standard InChI is InChI=1S/C24H26FN3O4S/c1-17(24(30)26-2)28(15-20-10-6-7-11-22(20)25)23(29)16-27(3)33(31,32)21-13-12-18-8-4-5-9-19(18)14-21/h4-14,17H,15-16H2,1-3H3,(H,26,30)/t17-/m0/s1. The molecular formula is C24H26FN3O4S. The molecule has 0 aromatic heterocycles. The molecule has 174 valence electrons. The maximum absolute atomic E-state index is 14.2. The zero-order valence-corrected chi connectivity index (χ0v) is 19.5. The molecule has 33 heavy (non-hydrogen) atoms. The molecule has 0 saturated carbocycles. The highest BCUT2D eigenvalue weighted by molar-refractivity contribution is 7.89. The van der Waals surface area contributed by atoms with E-state index in [-0.39, 0.29) is 17.0 Å². The smallest absolute Gasteiger partial charge is 0.243 e. The number of hydrogen-bond donors (Lipinski definition) is 1. The summed E-state index contributed by atoms with van der Waals surface area (Å²) in [5.74, 6) is -1.59. The summed E-state index contributed by atoms with van der Waals surface area (Å²) in [6.45, 7) is 0.824. The highest BCUT2D eigenvalue weighted by atomic mass is 32.2. The molecule has 7 nitrogen and oxygen atoms in total. The second kappa shape index (κ2) is 10.1. The predicted octanol–water partition coefficient (Wildman–Crippen LogP) is 2.76. The van der Waals surface area contributed by atoms with E-state index in [0.717, 1.165) is 15.1 Å². The molecular weight excluding hydrogens is 445 g/mol. The van der Waals surface area contributed by atoms with E-state index in [1.165, 1.54) is 50.2 Å². The Bertz CT molecular complexity index is 1280. The third-order valence-corrected chi connectivity index (χ3v) is 7.30. The second-order valence-electron chi connectivity index (χ2n) is 7.67. The van der Waals surface area contributed by atoms with Gasteiger partial charge in [0.15, 0.2) is 0 Å². The minimum Gasteiger partial charge on any atom is -0.357 e. The normalized spacial score (nSPS) is 12.5. The van der Waals surface area contributed by atoms with Gasteiger partial charge in [-0.05, 0) is 35.9 Å². The van der Waals surface area contributed by atoms with E-state index in [1.54, 1.807) is 24.3 Å². The topological polar surface area (TPSA) is 86.8 Å². The summed E-state index contributed by atoms with van der Waals surface area (Å²) in [6, 6.07) is 17.1. The first-order valence-corrected chi connectivity index (χ1v) is 11.8. The van der Waals surface area contributed by atoms with Crippen LogP contribution >= 0.6 is 0 Å². The minimum atomic E-state index is -3.98. The number of fused-ring (bicyclic) bond motifs is 1. The first-order chi connectivity index (χ1) is 15.6. The number of rotatable bonds is 8. The van der Waals surface area contributed by atoms with E-state index in [2.05, 4.69) is 5.32 Å². The van der Waals surface area contributed by atoms with Crippen molar-refractivity contribution < 1.29 is 22.4 Å². The Balaban J connectivity index is 1.86. The van der Waals surface area contributed by atoms with Crippen molar-refractivity contribution in [2.24, 2.45) is 0 Å². The highest BCUT2D eigenvalue weighted by Crippen LogP contribution is 2.22. The van der Waals surface area contributed by atoms with Crippen LogP contribution in [-0.4, -0.2) is 56.1 Å². The van der Waals surface area contributed by atoms with Crippen molar-refractivity contribution in [3.63, 3.8) is 0 Å². The number of carbonyl (C=O) groups is 2. The second-order valence-corrected chi connectivity index (χ2v) is 9.72. The van der Waals surface area contributed by atoms with Gasteiger partial charge in [0.2, 0.25) is 21.8 Å². The van der Waals surface area contributed by atoms with Crippen LogP contribution in [0.5, 0.6) is 0 Å². The summed E-state index contributed by atoms with van der Waals surface area (Å²) in [4.78, 5) is 26.6. The molecule has 0 heterocycles. The van der Waals surface area contributed by atoms with Crippen molar-refractivity contribution in [1.82, 2.24) is 14.5 Å². The minimum absolute atomic E-state index is 0.0523. The van der Waals surface area contributed by atoms with Crippen molar-refractivity contribution in [3.05, 3.63) is 78.1 Å². The van der Waals surface area contributed by atoms with E-state index in [9.17, 15) is 22.4 Å². The molecule has 0 aliphatic carbocycles. The Hall–Kier alpha value is -3.30. The van der Waals surface area contributed by atoms with Crippen LogP contribution in [0, 0.1) is 5.82 Å². The first-order valence-electron chi connectivity index (χ1n) is 10.3. The lowest BCUT2D eigenvalue weighted by Crippen LogP contribution is -2.50. The summed E-state index contributed by atoms with van der Waals surface area (Å²) in [5.41, 5.74) is 0.224. The molecule has 0 spiro atoms. The number of hydrogen-bond acceptors (Lipinski definition) is 4. The van der Waals surface area contributed by atoms with E-state index >= 15 is 0 Å². The van der Waals surface area contributed by atoms with Crippen LogP contribution in [0.3, 0.4) is 0 Å². The Morgan fingerprint density at radius 2 is 1.64 bits per heavy atom. The number of amides is 2. The molecule has 0 unspecified atom stereocenters. The molecule has 1 atom stereocenters. The number of nitrogens with zero attached hydrogens (tertiary/aromatic N) is 2. The molecule has 3 aromatic rings. The van der Waals surface area contributed by atoms with Crippen LogP contribution in [-0.2, 0) is 26.2 Å². The zero-order valence-electron chi connectivity index (χ0n) is 18.7. The summed E-state index contributed by atoms with van der Waals surface area (Å²) in [5, 5.41) is 4.12. The van der Waals surface area contributed by atoms with Crippen molar-refractivity contribution in [3.8, 4) is 0 Å². The summed E-state index contributed by atoms with van der Waals surface area (Å²) in [7, 11) is -1.25. The summed E-state index contributed by atoms with van der Waals surface area (Å²) < 4.78 is 41.4. The molecule has 0 aliphatic heterocycles. The number of carbonyl (C=O) groups excluding carboxylic acids is 2. The predicted molar refractivity (Wildman–Crippen MR) is 124 cm³/mol. The van der Waals surface area contributed by atoms with Crippen molar-refractivity contribution in [2.45, 2.75) is 24.4 Å². The van der Waals surface area contributed by atoms with Crippen molar-refractivity contribution in [2.75, 3.05) is 20.6 Å². The molecule has 9 heteroatoms. The zero-order chi connectivity index (χ0) is 24.2. The van der Waals surface area contributed by atoms with Gasteiger partial charge in [-0.15, -0.1) is 0 Å². The van der Waals surface area contributed by atoms with Crippen LogP contribution in [0.25, 0.3) is 10.8 Å². The molecule has 3 aromatic carbocycles. The maximum Gasteiger partial charge on any atom is 0.243 e. The van der Waals surface area contributed by atoms with Gasteiger partial charge in [0, 0.05) is 26.2 Å². The monoisotopic (exact) mass is 471 g/mol. The van der Waals surface area contributed by atoms with Crippen LogP contribution in [0.2, 0.25) is 0 Å². The van der Waals surface area contributed by atoms with Crippen molar-refractivity contribution >= 4 is 32.6 Å². The SMILES string of the molecule is CNC(=O)[C@H](C)N(Cc1ccccc1F)C(=O)CN(C)S(=O)(=O)c1ccc2ccccc2c1. The summed E-state index contributed by atoms with van der Waals surface area (Å²) >= 11 is 0. The Kier molecular flexibility index (Phi) is 7.45. The van der Waals surface area contributed by atoms with E-state index in [0.29, 0.717) is 0 Å². The molecule has 0 aliphatic rings. The van der Waals surface area contributed by atoms with Gasteiger partial charge < -0.3 is 10.2 Å². The molecule has 0 saturated heterocycles. The van der Waals surface area contributed by atoms with E-state index < -0.39 is 40.2 Å². The van der Waals surface area contributed by atoms with Gasteiger partial charge in [-0.2, -0.15) is 4.31 Å². The lowest BCUT2D eigenvalue weighted by molar-refractivity contribution is -0.140. The largest absolute Gasteiger partial charge is 0.357 e. The Morgan fingerprint density at radius 3 is 2.30 bits per heavy atom. The van der Waals surface area contributed by atoms with Gasteiger partial charge in [-0.25, -0.2) is 12.8 Å². The number of nitrogens with one attached hydrogen (secondary N) is 1. The van der Waals surface area contributed by atoms with Gasteiger partial charge in [0.05, 0.1) is 11.4 Å². The molecule has 1 N–H and O–H groups in total. The molecule has 2 amide bonds. The average molecular weight is 472 g/mol. The van der Waals surface area contributed by atoms with Crippen LogP contribution in [0.1, 0.15) is 12.5 Å². The molecule has 3 rings (SSSR count). The van der Waals surface area contributed by atoms with Gasteiger partial charge in [-0.3, -0.25) is 9.59 Å². The lowest BCUT2D eigenvalue weighted by Gasteiger charge is -2.30. The summed E-state index contributed by atoms with van der Waals surface area (Å²) in [6.07, 6.45) is 0. The van der Waals surface area contributed by atoms with E-state index in [4.69, 9.17) is 0 Å². The fraction of sp³-hybridized carbons (Fsp3) is 0.250. The van der Waals surface area contributed by atoms with E-state index in [1.807, 2.05) is 18.2 Å². The number of likely N-dealkylation sites (N-methyl/N-ethyl adjacent to an activating group) is 2. The van der Waals surface area contributed by atoms with Gasteiger partial charge in [0.25, 0.3) is 0 Å². The Morgan fingerprint density at radius 1 is 1.00 bits per heavy atom. The Labute approximate surface area is 192 Å². The first kappa shape index (κ1) is 24.3. The van der Waals surface area contributed by atoms with Gasteiger partial charge in [-0.1, -0.05) is 48.5 Å². The fourth-order valence-corrected chi connectivity index (χ4v) is 4.63. The fourth-order valence-electron chi connectivity index (χ4n) is 3.48. The maximum atomic E-state index is 14.2. The lowest BCUT2D eigenvalue weighted by atomic mass is 10.1. The van der Waals surface area contributed by atoms with Crippen LogP contribution < -0.4 is 5.32 Å². The third-order valence-electron chi connectivity index (χ3n) is 5.50. The highest BCUT2D eigenvalue weighted by Gasteiger charge is 2.30. The average Bonchev–Trinajstić information content (AvgIpc) is 2.82. The van der Waals surface area contributed by atoms with Crippen LogP contribution in [0.15, 0.2) is 71.6 Å². The molecule has 0 bridgehead atoms. The van der Waals surface area contributed by atoms with Crippen LogP contribution in [0.4, 0.5) is 4.39 Å². The quantitative estimate of drug-likeness (QED) is 0.547. The van der Waals surface area contributed by atoms with Gasteiger partial charge >= 0.3 is 0 Å². The number of sulfonamides is 1. The molecule has 0 fully saturated rings. The number of halogens is 1. The third kappa shape index (κ3) is 5.37. The van der Waals surface area contributed by atoms with Gasteiger partial charge in [0.1, 0.15) is 11.9 Å². The van der Waals surface area contributed by atoms with Crippen molar-refractivity contribution in [1.29, 1.82) is 0 Å². The molecule has 0 radical (unpaired) electrons. The number of benzene rings is 3.